The summed E-state index contributed by atoms with van der Waals surface area (Å²) in [5.74, 6) is -11.6. The van der Waals surface area contributed by atoms with Gasteiger partial charge in [-0.05, 0) is 54.7 Å². The second-order valence-corrected chi connectivity index (χ2v) is 16.2. The van der Waals surface area contributed by atoms with E-state index >= 15 is 8.78 Å². The molecule has 0 saturated heterocycles. The molecule has 63 heavy (non-hydrogen) atoms. The van der Waals surface area contributed by atoms with Crippen molar-refractivity contribution in [3.8, 4) is 0 Å². The summed E-state index contributed by atoms with van der Waals surface area (Å²) in [7, 11) is 0. The van der Waals surface area contributed by atoms with Crippen molar-refractivity contribution in [1.29, 1.82) is 0 Å². The number of Topliss-reactive ketones (excluding diaryl/α,β-unsaturated/α-hetero) is 1. The molecular weight excluding hydrogens is 819 g/mol. The van der Waals surface area contributed by atoms with E-state index in [0.29, 0.717) is 18.5 Å². The number of hydrogen-bond donors (Lipinski definition) is 5. The molecule has 0 spiro atoms. The van der Waals surface area contributed by atoms with E-state index in [9.17, 15) is 33.6 Å². The van der Waals surface area contributed by atoms with Crippen LogP contribution in [-0.4, -0.2) is 99.5 Å². The number of ketones is 1. The normalized spacial score (nSPS) is 14.9. The lowest BCUT2D eigenvalue weighted by atomic mass is 9.99. The van der Waals surface area contributed by atoms with Crippen LogP contribution in [0.5, 0.6) is 0 Å². The van der Waals surface area contributed by atoms with Crippen molar-refractivity contribution in [2.75, 3.05) is 13.1 Å². The summed E-state index contributed by atoms with van der Waals surface area (Å²) in [5.41, 5.74) is 2.56. The Morgan fingerprint density at radius 3 is 2.08 bits per heavy atom. The van der Waals surface area contributed by atoms with Gasteiger partial charge in [0.2, 0.25) is 23.5 Å². The monoisotopic (exact) mass is 876 g/mol. The van der Waals surface area contributed by atoms with Gasteiger partial charge in [0, 0.05) is 31.9 Å². The minimum absolute atomic E-state index is 0.000783. The molecule has 5 N–H and O–H groups in total. The van der Waals surface area contributed by atoms with Crippen molar-refractivity contribution in [3.05, 3.63) is 95.6 Å². The van der Waals surface area contributed by atoms with E-state index < -0.39 is 95.9 Å². The van der Waals surface area contributed by atoms with Crippen molar-refractivity contribution in [2.45, 2.75) is 116 Å². The summed E-state index contributed by atoms with van der Waals surface area (Å²) >= 11 is 0. The Hall–Kier alpha value is -6.33. The van der Waals surface area contributed by atoms with Crippen molar-refractivity contribution in [3.63, 3.8) is 0 Å². The van der Waals surface area contributed by atoms with Gasteiger partial charge in [-0.3, -0.25) is 33.8 Å². The number of benzene rings is 2. The molecule has 0 bridgehead atoms. The summed E-state index contributed by atoms with van der Waals surface area (Å²) in [6.45, 7) is 10.3. The highest BCUT2D eigenvalue weighted by Gasteiger charge is 2.50. The van der Waals surface area contributed by atoms with Gasteiger partial charge in [0.1, 0.15) is 23.9 Å². The van der Waals surface area contributed by atoms with Gasteiger partial charge in [-0.25, -0.2) is 9.78 Å². The van der Waals surface area contributed by atoms with E-state index in [4.69, 9.17) is 4.74 Å². The van der Waals surface area contributed by atoms with E-state index in [1.54, 1.807) is 65.0 Å². The van der Waals surface area contributed by atoms with E-state index in [1.807, 2.05) is 24.3 Å². The van der Waals surface area contributed by atoms with Gasteiger partial charge >= 0.3 is 12.0 Å². The number of ether oxygens (including phenoxy) is 1. The van der Waals surface area contributed by atoms with Crippen LogP contribution in [0.3, 0.4) is 0 Å². The number of hydrogen-bond acceptors (Lipinski definition) is 10. The largest absolute Gasteiger partial charge is 0.444 e. The minimum Gasteiger partial charge on any atom is -0.444 e. The molecule has 0 fully saturated rings. The lowest BCUT2D eigenvalue weighted by Gasteiger charge is -2.30. The van der Waals surface area contributed by atoms with Crippen LogP contribution in [0.2, 0.25) is 0 Å². The smallest absolute Gasteiger partial charge is 0.410 e. The molecule has 6 amide bonds. The van der Waals surface area contributed by atoms with Gasteiger partial charge in [-0.2, -0.15) is 8.78 Å². The maximum Gasteiger partial charge on any atom is 0.410 e. The third-order valence-electron chi connectivity index (χ3n) is 10.6. The van der Waals surface area contributed by atoms with Gasteiger partial charge in [0.25, 0.3) is 11.8 Å². The van der Waals surface area contributed by atoms with Gasteiger partial charge in [-0.15, -0.1) is 0 Å². The molecule has 16 nitrogen and oxygen atoms in total. The number of fused-ring (bicyclic) bond motifs is 1. The lowest BCUT2D eigenvalue weighted by molar-refractivity contribution is -0.161. The predicted molar refractivity (Wildman–Crippen MR) is 228 cm³/mol. The quantitative estimate of drug-likeness (QED) is 0.0962. The van der Waals surface area contributed by atoms with Crippen LogP contribution in [0, 0.1) is 11.8 Å². The second kappa shape index (κ2) is 23.2. The van der Waals surface area contributed by atoms with Crippen LogP contribution < -0.4 is 26.6 Å². The van der Waals surface area contributed by atoms with Crippen LogP contribution in [0.1, 0.15) is 100 Å². The number of alkyl halides is 2. The zero-order valence-corrected chi connectivity index (χ0v) is 36.5. The molecule has 0 radical (unpaired) electrons. The molecule has 1 aliphatic rings. The molecule has 4 rings (SSSR count). The number of carbonyl (C=O) groups excluding carboxylic acids is 7. The SMILES string of the molecule is CCC[C@H](NC(=O)CC[C@H](CNC(=O)[C@@H](NC(=O)[C@@H](NC(=O)c1cnccn1)C(C)C)C(C)C)OC(=O)N1CCc2ccccc2C1)C(=O)C(F)(F)C(=O)N[C@@H](C)c1ccccc1. The van der Waals surface area contributed by atoms with Crippen molar-refractivity contribution < 1.29 is 47.1 Å². The fourth-order valence-electron chi connectivity index (χ4n) is 6.90. The first kappa shape index (κ1) is 49.3. The maximum atomic E-state index is 15.4. The molecule has 1 aliphatic heterocycles. The van der Waals surface area contributed by atoms with Gasteiger partial charge in [-0.1, -0.05) is 95.6 Å². The zero-order valence-electron chi connectivity index (χ0n) is 36.5. The van der Waals surface area contributed by atoms with Gasteiger partial charge in [0.15, 0.2) is 0 Å². The molecule has 1 aromatic heterocycles. The van der Waals surface area contributed by atoms with Crippen LogP contribution >= 0.6 is 0 Å². The molecule has 5 atom stereocenters. The van der Waals surface area contributed by atoms with Crippen LogP contribution in [0.25, 0.3) is 0 Å². The van der Waals surface area contributed by atoms with Crippen molar-refractivity contribution >= 4 is 41.4 Å². The Kier molecular flexibility index (Phi) is 18.2. The number of nitrogens with one attached hydrogen (secondary N) is 5. The van der Waals surface area contributed by atoms with Gasteiger partial charge < -0.3 is 36.2 Å². The van der Waals surface area contributed by atoms with E-state index in [-0.39, 0.29) is 38.0 Å². The number of nitrogens with zero attached hydrogens (tertiary/aromatic N) is 3. The summed E-state index contributed by atoms with van der Waals surface area (Å²) < 4.78 is 36.6. The van der Waals surface area contributed by atoms with E-state index in [2.05, 4.69) is 36.6 Å². The summed E-state index contributed by atoms with van der Waals surface area (Å²) in [6.07, 6.45) is 2.13. The first-order valence-electron chi connectivity index (χ1n) is 21.2. The minimum atomic E-state index is -4.47. The average molecular weight is 877 g/mol. The number of halogens is 2. The molecule has 2 aromatic carbocycles. The zero-order chi connectivity index (χ0) is 46.3. The standard InChI is InChI=1S/C45H58F2N8O8/c1-7-13-34(39(57)45(46,47)43(61)51-29(6)30-14-9-8-10-15-30)52-36(56)19-18-33(63-44(62)55-23-20-31-16-11-12-17-32(31)26-55)24-50-41(59)37(27(2)3)54-42(60)38(28(4)5)53-40(58)35-25-48-21-22-49-35/h8-12,14-17,21-22,25,27-29,33-34,37-38H,7,13,18-20,23-24,26H2,1-6H3,(H,50,59)(H,51,61)(H,52,56)(H,53,58)(H,54,60)/t29-,33+,34-,37-,38-/m0/s1. The Labute approximate surface area is 366 Å². The third-order valence-corrected chi connectivity index (χ3v) is 10.6. The Bertz CT molecular complexity index is 2060. The highest BCUT2D eigenvalue weighted by molar-refractivity contribution is 6.10. The topological polar surface area (TPSA) is 218 Å². The number of aromatic nitrogens is 2. The fraction of sp³-hybridized carbons (Fsp3) is 0.489. The summed E-state index contributed by atoms with van der Waals surface area (Å²) in [5, 5.41) is 12.6. The Balaban J connectivity index is 1.44. The lowest BCUT2D eigenvalue weighted by Crippen LogP contribution is -2.57. The van der Waals surface area contributed by atoms with Crippen molar-refractivity contribution in [2.24, 2.45) is 11.8 Å². The second-order valence-electron chi connectivity index (χ2n) is 16.2. The molecule has 0 unspecified atom stereocenters. The van der Waals surface area contributed by atoms with Crippen molar-refractivity contribution in [1.82, 2.24) is 41.5 Å². The maximum absolute atomic E-state index is 15.4. The van der Waals surface area contributed by atoms with E-state index in [0.717, 1.165) is 11.1 Å². The molecule has 0 aliphatic carbocycles. The molecule has 2 heterocycles. The summed E-state index contributed by atoms with van der Waals surface area (Å²) in [6, 6.07) is 11.3. The number of carbonyl (C=O) groups is 7. The van der Waals surface area contributed by atoms with Crippen LogP contribution in [0.4, 0.5) is 13.6 Å². The van der Waals surface area contributed by atoms with E-state index in [1.165, 1.54) is 30.4 Å². The molecule has 340 valence electrons. The van der Waals surface area contributed by atoms with Gasteiger partial charge in [0.05, 0.1) is 24.8 Å². The first-order valence-corrected chi connectivity index (χ1v) is 21.2. The highest BCUT2D eigenvalue weighted by atomic mass is 19.3. The Morgan fingerprint density at radius 2 is 1.44 bits per heavy atom. The summed E-state index contributed by atoms with van der Waals surface area (Å²) in [4.78, 5) is 102. The molecule has 0 saturated carbocycles. The number of amides is 6. The highest BCUT2D eigenvalue weighted by Crippen LogP contribution is 2.23. The number of rotatable bonds is 21. The average Bonchev–Trinajstić information content (AvgIpc) is 3.27. The van der Waals surface area contributed by atoms with Crippen LogP contribution in [-0.2, 0) is 41.7 Å². The third kappa shape index (κ3) is 14.1. The Morgan fingerprint density at radius 1 is 0.794 bits per heavy atom. The first-order chi connectivity index (χ1) is 29.9. The molecule has 18 heteroatoms. The molecule has 3 aromatic rings. The predicted octanol–water partition coefficient (Wildman–Crippen LogP) is 4.20. The van der Waals surface area contributed by atoms with Crippen LogP contribution in [0.15, 0.2) is 73.2 Å². The fourth-order valence-corrected chi connectivity index (χ4v) is 6.90. The molecular formula is C45H58F2N8O8.